The number of rotatable bonds is 3. The number of hydrogen-bond donors (Lipinski definition) is 2. The quantitative estimate of drug-likeness (QED) is 0.711. The first-order chi connectivity index (χ1) is 5.86. The molecule has 0 aliphatic heterocycles. The molecular weight excluding hydrogens is 202 g/mol. The van der Waals surface area contributed by atoms with Gasteiger partial charge in [-0.3, -0.25) is 0 Å². The Bertz CT molecular complexity index is 272. The highest BCUT2D eigenvalue weighted by Crippen LogP contribution is 2.35. The van der Waals surface area contributed by atoms with Crippen LogP contribution in [0.3, 0.4) is 0 Å². The Kier molecular flexibility index (Phi) is 2.88. The average molecular weight is 214 g/mol. The lowest BCUT2D eigenvalue weighted by atomic mass is 10.0. The molecule has 0 atom stereocenters. The summed E-state index contributed by atoms with van der Waals surface area (Å²) >= 11 is 0. The third-order valence-electron chi connectivity index (χ3n) is 2.26. The summed E-state index contributed by atoms with van der Waals surface area (Å²) in [5.74, 6) is 0. The first kappa shape index (κ1) is 10.8. The van der Waals surface area contributed by atoms with E-state index in [1.54, 1.807) is 0 Å². The maximum Gasteiger partial charge on any atom is 0.275 e. The van der Waals surface area contributed by atoms with Crippen LogP contribution in [0.25, 0.3) is 0 Å². The fourth-order valence-corrected chi connectivity index (χ4v) is 2.51. The normalized spacial score (nSPS) is 22.5. The average Bonchev–Trinajstić information content (AvgIpc) is 2.33. The van der Waals surface area contributed by atoms with Gasteiger partial charge >= 0.3 is 0 Å². The van der Waals surface area contributed by atoms with Gasteiger partial charge in [-0.2, -0.15) is 13.1 Å². The van der Waals surface area contributed by atoms with Gasteiger partial charge < -0.3 is 0 Å². The molecule has 0 unspecified atom stereocenters. The maximum absolute atomic E-state index is 12.5. The molecule has 1 fully saturated rings. The lowest BCUT2D eigenvalue weighted by Gasteiger charge is -2.27. The smallest absolute Gasteiger partial charge is 0.216 e. The van der Waals surface area contributed by atoms with Gasteiger partial charge in [-0.1, -0.05) is 12.8 Å². The van der Waals surface area contributed by atoms with Crippen LogP contribution in [0.15, 0.2) is 0 Å². The highest BCUT2D eigenvalue weighted by Gasteiger charge is 2.44. The minimum absolute atomic E-state index is 0.154. The van der Waals surface area contributed by atoms with Crippen LogP contribution in [0.1, 0.15) is 25.7 Å². The number of hydrogen-bond acceptors (Lipinski definition) is 2. The summed E-state index contributed by atoms with van der Waals surface area (Å²) in [5, 5.41) is 4.67. The summed E-state index contributed by atoms with van der Waals surface area (Å²) < 4.78 is 48.2. The van der Waals surface area contributed by atoms with Gasteiger partial charge in [-0.25, -0.2) is 13.9 Å². The van der Waals surface area contributed by atoms with Crippen molar-refractivity contribution in [3.8, 4) is 0 Å². The summed E-state index contributed by atoms with van der Waals surface area (Å²) in [5.41, 5.74) is -1.62. The van der Waals surface area contributed by atoms with Gasteiger partial charge in [0.2, 0.25) is 0 Å². The van der Waals surface area contributed by atoms with Crippen molar-refractivity contribution in [2.75, 3.05) is 0 Å². The first-order valence-corrected chi connectivity index (χ1v) is 5.50. The molecule has 0 bridgehead atoms. The molecule has 1 saturated carbocycles. The van der Waals surface area contributed by atoms with Crippen molar-refractivity contribution in [2.24, 2.45) is 5.14 Å². The topological polar surface area (TPSA) is 72.2 Å². The molecule has 13 heavy (non-hydrogen) atoms. The van der Waals surface area contributed by atoms with E-state index in [9.17, 15) is 17.2 Å². The SMILES string of the molecule is NS(=O)(=O)NC1(C(F)F)CCCC1. The van der Waals surface area contributed by atoms with Crippen LogP contribution in [0.5, 0.6) is 0 Å². The van der Waals surface area contributed by atoms with Crippen LogP contribution in [-0.4, -0.2) is 20.4 Å². The van der Waals surface area contributed by atoms with Crippen LogP contribution in [-0.2, 0) is 10.2 Å². The Morgan fingerprint density at radius 3 is 2.08 bits per heavy atom. The molecule has 3 N–H and O–H groups in total. The highest BCUT2D eigenvalue weighted by atomic mass is 32.2. The molecular formula is C6H12F2N2O2S. The van der Waals surface area contributed by atoms with Gasteiger partial charge in [0.1, 0.15) is 0 Å². The highest BCUT2D eigenvalue weighted by molar-refractivity contribution is 7.87. The standard InChI is InChI=1S/C6H12F2N2O2S/c7-5(8)6(3-1-2-4-6)10-13(9,11)12/h5,10H,1-4H2,(H2,9,11,12). The molecule has 1 aliphatic carbocycles. The Morgan fingerprint density at radius 1 is 1.31 bits per heavy atom. The van der Waals surface area contributed by atoms with Crippen molar-refractivity contribution in [2.45, 2.75) is 37.6 Å². The van der Waals surface area contributed by atoms with Crippen LogP contribution in [0.4, 0.5) is 8.78 Å². The van der Waals surface area contributed by atoms with Crippen molar-refractivity contribution < 1.29 is 17.2 Å². The van der Waals surface area contributed by atoms with Gasteiger partial charge in [0.25, 0.3) is 16.6 Å². The Balaban J connectivity index is 2.80. The molecule has 0 aromatic carbocycles. The molecule has 0 aromatic heterocycles. The molecule has 0 aromatic rings. The monoisotopic (exact) mass is 214 g/mol. The Hall–Kier alpha value is -0.270. The summed E-state index contributed by atoms with van der Waals surface area (Å²) in [7, 11) is -4.04. The lowest BCUT2D eigenvalue weighted by Crippen LogP contribution is -2.53. The Labute approximate surface area is 75.7 Å². The van der Waals surface area contributed by atoms with E-state index < -0.39 is 22.2 Å². The number of nitrogens with one attached hydrogen (secondary N) is 1. The predicted octanol–water partition coefficient (Wildman–Crippen LogP) is 0.357. The second-order valence-electron chi connectivity index (χ2n) is 3.31. The lowest BCUT2D eigenvalue weighted by molar-refractivity contribution is 0.0472. The van der Waals surface area contributed by atoms with E-state index in [1.807, 2.05) is 4.72 Å². The fourth-order valence-electron chi connectivity index (χ4n) is 1.65. The van der Waals surface area contributed by atoms with E-state index in [1.165, 1.54) is 0 Å². The molecule has 0 saturated heterocycles. The van der Waals surface area contributed by atoms with E-state index in [0.29, 0.717) is 12.8 Å². The van der Waals surface area contributed by atoms with E-state index in [-0.39, 0.29) is 12.8 Å². The molecule has 0 heterocycles. The van der Waals surface area contributed by atoms with Gasteiger partial charge in [0, 0.05) is 0 Å². The van der Waals surface area contributed by atoms with Gasteiger partial charge in [0.05, 0.1) is 5.54 Å². The van der Waals surface area contributed by atoms with Crippen molar-refractivity contribution in [1.29, 1.82) is 0 Å². The molecule has 1 rings (SSSR count). The third kappa shape index (κ3) is 2.58. The molecule has 0 radical (unpaired) electrons. The first-order valence-electron chi connectivity index (χ1n) is 3.96. The minimum Gasteiger partial charge on any atom is -0.216 e. The number of halogens is 2. The summed E-state index contributed by atoms with van der Waals surface area (Å²) in [6, 6.07) is 0. The van der Waals surface area contributed by atoms with Crippen molar-refractivity contribution in [1.82, 2.24) is 4.72 Å². The summed E-state index contributed by atoms with van der Waals surface area (Å²) in [4.78, 5) is 0. The molecule has 78 valence electrons. The molecule has 7 heteroatoms. The molecule has 1 aliphatic rings. The zero-order valence-corrected chi connectivity index (χ0v) is 7.78. The number of nitrogens with two attached hydrogens (primary N) is 1. The summed E-state index contributed by atoms with van der Waals surface area (Å²) in [6.45, 7) is 0. The van der Waals surface area contributed by atoms with Crippen LogP contribution in [0.2, 0.25) is 0 Å². The van der Waals surface area contributed by atoms with Crippen molar-refractivity contribution >= 4 is 10.2 Å². The molecule has 4 nitrogen and oxygen atoms in total. The zero-order chi connectivity index (χ0) is 10.1. The number of alkyl halides is 2. The van der Waals surface area contributed by atoms with Crippen molar-refractivity contribution in [3.05, 3.63) is 0 Å². The van der Waals surface area contributed by atoms with Crippen LogP contribution >= 0.6 is 0 Å². The zero-order valence-electron chi connectivity index (χ0n) is 6.96. The maximum atomic E-state index is 12.5. The third-order valence-corrected chi connectivity index (χ3v) is 2.95. The van der Waals surface area contributed by atoms with E-state index in [2.05, 4.69) is 5.14 Å². The van der Waals surface area contributed by atoms with Crippen molar-refractivity contribution in [3.63, 3.8) is 0 Å². The second-order valence-corrected chi connectivity index (χ2v) is 4.61. The molecule has 0 spiro atoms. The van der Waals surface area contributed by atoms with E-state index in [4.69, 9.17) is 0 Å². The predicted molar refractivity (Wildman–Crippen MR) is 43.4 cm³/mol. The summed E-state index contributed by atoms with van der Waals surface area (Å²) in [6.07, 6.45) is -1.18. The Morgan fingerprint density at radius 2 is 1.77 bits per heavy atom. The largest absolute Gasteiger partial charge is 0.275 e. The van der Waals surface area contributed by atoms with Gasteiger partial charge in [-0.15, -0.1) is 0 Å². The van der Waals surface area contributed by atoms with Crippen LogP contribution < -0.4 is 9.86 Å². The van der Waals surface area contributed by atoms with Gasteiger partial charge in [-0.05, 0) is 12.8 Å². The fraction of sp³-hybridized carbons (Fsp3) is 1.00. The van der Waals surface area contributed by atoms with E-state index >= 15 is 0 Å². The second kappa shape index (κ2) is 3.47. The van der Waals surface area contributed by atoms with E-state index in [0.717, 1.165) is 0 Å². The van der Waals surface area contributed by atoms with Crippen LogP contribution in [0, 0.1) is 0 Å². The minimum atomic E-state index is -4.04. The van der Waals surface area contributed by atoms with Gasteiger partial charge in [0.15, 0.2) is 0 Å². The molecule has 0 amide bonds.